The van der Waals surface area contributed by atoms with Gasteiger partial charge in [0, 0.05) is 39.1 Å². The maximum Gasteiger partial charge on any atom is 0.407 e. The van der Waals surface area contributed by atoms with Crippen molar-refractivity contribution in [3.8, 4) is 11.1 Å². The molecule has 1 saturated heterocycles. The molecule has 3 unspecified atom stereocenters. The molecular weight excluding hydrogens is 448 g/mol. The van der Waals surface area contributed by atoms with Gasteiger partial charge in [0.05, 0.1) is 5.92 Å². The first-order chi connectivity index (χ1) is 16.9. The van der Waals surface area contributed by atoms with Gasteiger partial charge in [0.25, 0.3) is 5.91 Å². The second-order valence-electron chi connectivity index (χ2n) is 9.38. The highest BCUT2D eigenvalue weighted by Crippen LogP contribution is 2.44. The molecule has 0 saturated carbocycles. The average molecular weight is 481 g/mol. The summed E-state index contributed by atoms with van der Waals surface area (Å²) >= 11 is 0. The Morgan fingerprint density at radius 1 is 1.06 bits per heavy atom. The first-order valence-corrected chi connectivity index (χ1v) is 12.0. The molecule has 2 aliphatic rings. The number of carbonyl (C=O) groups is 3. The predicted octanol–water partition coefficient (Wildman–Crippen LogP) is 3.50. The second kappa shape index (κ2) is 10.9. The number of hydrogen-bond donors (Lipinski definition) is 2. The van der Waals surface area contributed by atoms with Gasteiger partial charge in [-0.15, -0.1) is 0 Å². The van der Waals surface area contributed by atoms with Crippen LogP contribution in [0.2, 0.25) is 0 Å². The Hall–Kier alpha value is -3.39. The summed E-state index contributed by atoms with van der Waals surface area (Å²) in [6.45, 7) is 3.04. The molecule has 1 aliphatic heterocycles. The van der Waals surface area contributed by atoms with E-state index in [0.717, 1.165) is 22.3 Å². The van der Waals surface area contributed by atoms with Crippen LogP contribution in [0.15, 0.2) is 48.5 Å². The maximum atomic E-state index is 12.9. The number of hydrogen-bond acceptors (Lipinski definition) is 5. The number of ether oxygens (including phenoxy) is 2. The fourth-order valence-corrected chi connectivity index (χ4v) is 5.21. The van der Waals surface area contributed by atoms with Crippen molar-refractivity contribution in [2.75, 3.05) is 33.4 Å². The molecule has 8 nitrogen and oxygen atoms in total. The van der Waals surface area contributed by atoms with E-state index in [2.05, 4.69) is 29.6 Å². The fourth-order valence-electron chi connectivity index (χ4n) is 5.21. The number of carbonyl (C=O) groups excluding carboxylic acids is 2. The molecule has 186 valence electrons. The molecular formula is C27H32N2O6. The smallest absolute Gasteiger partial charge is 0.407 e. The quantitative estimate of drug-likeness (QED) is 0.599. The topological polar surface area (TPSA) is 105 Å². The van der Waals surface area contributed by atoms with Crippen molar-refractivity contribution in [2.45, 2.75) is 31.8 Å². The molecule has 2 aromatic carbocycles. The van der Waals surface area contributed by atoms with E-state index in [1.165, 1.54) is 7.11 Å². The summed E-state index contributed by atoms with van der Waals surface area (Å²) < 4.78 is 10.9. The molecule has 0 aromatic heterocycles. The monoisotopic (exact) mass is 480 g/mol. The van der Waals surface area contributed by atoms with Crippen molar-refractivity contribution in [2.24, 2.45) is 11.8 Å². The van der Waals surface area contributed by atoms with Crippen molar-refractivity contribution in [3.05, 3.63) is 59.7 Å². The van der Waals surface area contributed by atoms with Crippen LogP contribution in [0.4, 0.5) is 4.79 Å². The van der Waals surface area contributed by atoms with Crippen LogP contribution in [0, 0.1) is 11.8 Å². The maximum absolute atomic E-state index is 12.9. The van der Waals surface area contributed by atoms with E-state index >= 15 is 0 Å². The highest BCUT2D eigenvalue weighted by Gasteiger charge is 2.34. The first kappa shape index (κ1) is 24.7. The number of alkyl carbamates (subject to hydrolysis) is 1. The van der Waals surface area contributed by atoms with Crippen LogP contribution < -0.4 is 5.32 Å². The first-order valence-electron chi connectivity index (χ1n) is 12.0. The minimum absolute atomic E-state index is 0.0234. The van der Waals surface area contributed by atoms with E-state index in [4.69, 9.17) is 9.47 Å². The van der Waals surface area contributed by atoms with Crippen LogP contribution in [0.3, 0.4) is 0 Å². The molecule has 1 fully saturated rings. The lowest BCUT2D eigenvalue weighted by atomic mass is 9.90. The Balaban J connectivity index is 1.27. The minimum Gasteiger partial charge on any atom is -0.481 e. The van der Waals surface area contributed by atoms with Gasteiger partial charge >= 0.3 is 12.1 Å². The van der Waals surface area contributed by atoms with Crippen molar-refractivity contribution in [3.63, 3.8) is 0 Å². The van der Waals surface area contributed by atoms with Gasteiger partial charge in [0.15, 0.2) is 0 Å². The molecule has 8 heteroatoms. The van der Waals surface area contributed by atoms with Gasteiger partial charge in [-0.3, -0.25) is 9.59 Å². The number of fused-ring (bicyclic) bond motifs is 3. The van der Waals surface area contributed by atoms with Crippen LogP contribution in [0.1, 0.15) is 36.8 Å². The van der Waals surface area contributed by atoms with Crippen molar-refractivity contribution >= 4 is 18.0 Å². The van der Waals surface area contributed by atoms with Gasteiger partial charge in [-0.1, -0.05) is 55.5 Å². The lowest BCUT2D eigenvalue weighted by Gasteiger charge is -2.36. The van der Waals surface area contributed by atoms with Gasteiger partial charge in [-0.05, 0) is 34.6 Å². The predicted molar refractivity (Wildman–Crippen MR) is 130 cm³/mol. The van der Waals surface area contributed by atoms with Crippen molar-refractivity contribution in [1.29, 1.82) is 0 Å². The molecule has 3 atom stereocenters. The van der Waals surface area contributed by atoms with Gasteiger partial charge in [-0.2, -0.15) is 0 Å². The zero-order valence-electron chi connectivity index (χ0n) is 20.1. The normalized spacial score (nSPS) is 20.0. The number of methoxy groups -OCH3 is 1. The van der Waals surface area contributed by atoms with Crippen molar-refractivity contribution < 1.29 is 29.0 Å². The molecule has 0 bridgehead atoms. The van der Waals surface area contributed by atoms with E-state index in [1.807, 2.05) is 31.2 Å². The molecule has 1 heterocycles. The van der Waals surface area contributed by atoms with Crippen LogP contribution >= 0.6 is 0 Å². The Morgan fingerprint density at radius 3 is 2.29 bits per heavy atom. The van der Waals surface area contributed by atoms with Crippen molar-refractivity contribution in [1.82, 2.24) is 10.2 Å². The third-order valence-electron chi connectivity index (χ3n) is 6.90. The molecule has 0 spiro atoms. The zero-order valence-corrected chi connectivity index (χ0v) is 20.1. The van der Waals surface area contributed by atoms with E-state index < -0.39 is 24.1 Å². The Morgan fingerprint density at radius 2 is 1.69 bits per heavy atom. The molecule has 4 rings (SSSR count). The molecule has 2 amide bonds. The van der Waals surface area contributed by atoms with E-state index in [9.17, 15) is 19.5 Å². The Labute approximate surface area is 205 Å². The molecule has 1 aliphatic carbocycles. The number of nitrogens with zero attached hydrogens (tertiary/aromatic N) is 1. The standard InChI is InChI=1S/C27H32N2O6/c1-17-13-18(26(31)32)15-29(14-17)25(30)24(34-2)11-12-28-27(33)35-16-23-21-9-5-3-7-19(21)20-8-4-6-10-22(20)23/h3-10,17-18,23-24H,11-16H2,1-2H3,(H,28,33)(H,31,32). The summed E-state index contributed by atoms with van der Waals surface area (Å²) in [6, 6.07) is 16.3. The SMILES string of the molecule is COC(CCNC(=O)OCC1c2ccccc2-c2ccccc21)C(=O)N1CC(C)CC(C(=O)O)C1. The van der Waals surface area contributed by atoms with Gasteiger partial charge in [0.2, 0.25) is 0 Å². The number of carboxylic acids is 1. The molecule has 2 N–H and O–H groups in total. The number of carboxylic acid groups (broad SMARTS) is 1. The van der Waals surface area contributed by atoms with E-state index in [-0.39, 0.29) is 43.9 Å². The van der Waals surface area contributed by atoms with Crippen LogP contribution in [-0.2, 0) is 19.1 Å². The third-order valence-corrected chi connectivity index (χ3v) is 6.90. The summed E-state index contributed by atoms with van der Waals surface area (Å²) in [5.41, 5.74) is 4.61. The van der Waals surface area contributed by atoms with E-state index in [0.29, 0.717) is 13.0 Å². The highest BCUT2D eigenvalue weighted by molar-refractivity contribution is 5.82. The number of rotatable bonds is 8. The number of aliphatic carboxylic acids is 1. The molecule has 2 aromatic rings. The minimum atomic E-state index is -0.889. The number of piperidine rings is 1. The Kier molecular flexibility index (Phi) is 7.70. The average Bonchev–Trinajstić information content (AvgIpc) is 3.18. The summed E-state index contributed by atoms with van der Waals surface area (Å²) in [5.74, 6) is -1.63. The summed E-state index contributed by atoms with van der Waals surface area (Å²) in [5, 5.41) is 12.1. The number of likely N-dealkylation sites (tertiary alicyclic amines) is 1. The number of amides is 2. The van der Waals surface area contributed by atoms with Crippen LogP contribution in [-0.4, -0.2) is 67.4 Å². The molecule has 0 radical (unpaired) electrons. The zero-order chi connectivity index (χ0) is 24.9. The number of benzene rings is 2. The second-order valence-corrected chi connectivity index (χ2v) is 9.38. The highest BCUT2D eigenvalue weighted by atomic mass is 16.5. The van der Waals surface area contributed by atoms with Crippen LogP contribution in [0.25, 0.3) is 11.1 Å². The van der Waals surface area contributed by atoms with Gasteiger partial charge in [-0.25, -0.2) is 4.79 Å². The molecule has 35 heavy (non-hydrogen) atoms. The summed E-state index contributed by atoms with van der Waals surface area (Å²) in [4.78, 5) is 38.3. The van der Waals surface area contributed by atoms with Gasteiger partial charge in [0.1, 0.15) is 12.7 Å². The van der Waals surface area contributed by atoms with Crippen LogP contribution in [0.5, 0.6) is 0 Å². The third kappa shape index (κ3) is 5.48. The largest absolute Gasteiger partial charge is 0.481 e. The lowest BCUT2D eigenvalue weighted by molar-refractivity contribution is -0.151. The Bertz CT molecular complexity index is 1040. The number of nitrogens with one attached hydrogen (secondary N) is 1. The summed E-state index contributed by atoms with van der Waals surface area (Å²) in [7, 11) is 1.44. The lowest BCUT2D eigenvalue weighted by Crippen LogP contribution is -2.50. The fraction of sp³-hybridized carbons (Fsp3) is 0.444. The summed E-state index contributed by atoms with van der Waals surface area (Å²) in [6.07, 6.45) is -0.488. The van der Waals surface area contributed by atoms with E-state index in [1.54, 1.807) is 4.90 Å². The van der Waals surface area contributed by atoms with Gasteiger partial charge < -0.3 is 24.8 Å².